The van der Waals surface area contributed by atoms with Gasteiger partial charge in [0, 0.05) is 6.61 Å². The minimum absolute atomic E-state index is 0.139. The van der Waals surface area contributed by atoms with Gasteiger partial charge >= 0.3 is 5.97 Å². The first-order valence-electron chi connectivity index (χ1n) is 5.59. The highest BCUT2D eigenvalue weighted by molar-refractivity contribution is 5.70. The molecule has 1 aliphatic heterocycles. The SMILES string of the molecule is O=C(O)C(C1CCCC1)C1CCOC1. The maximum atomic E-state index is 11.2. The molecule has 0 amide bonds. The molecule has 80 valence electrons. The lowest BCUT2D eigenvalue weighted by Crippen LogP contribution is -2.30. The zero-order valence-electron chi connectivity index (χ0n) is 8.45. The van der Waals surface area contributed by atoms with Gasteiger partial charge in [-0.05, 0) is 31.1 Å². The Labute approximate surface area is 84.4 Å². The summed E-state index contributed by atoms with van der Waals surface area (Å²) < 4.78 is 5.28. The summed E-state index contributed by atoms with van der Waals surface area (Å²) in [4.78, 5) is 11.2. The van der Waals surface area contributed by atoms with Gasteiger partial charge in [-0.3, -0.25) is 4.79 Å². The molecular weight excluding hydrogens is 180 g/mol. The summed E-state index contributed by atoms with van der Waals surface area (Å²) in [5.74, 6) is -0.0535. The Morgan fingerprint density at radius 3 is 2.43 bits per heavy atom. The van der Waals surface area contributed by atoms with Crippen LogP contribution in [0.3, 0.4) is 0 Å². The predicted octanol–water partition coefficient (Wildman–Crippen LogP) is 1.91. The van der Waals surface area contributed by atoms with Crippen LogP contribution in [0.5, 0.6) is 0 Å². The lowest BCUT2D eigenvalue weighted by molar-refractivity contribution is -0.146. The first-order valence-corrected chi connectivity index (χ1v) is 5.59. The summed E-state index contributed by atoms with van der Waals surface area (Å²) in [6.45, 7) is 1.41. The zero-order valence-corrected chi connectivity index (χ0v) is 8.45. The number of carboxylic acids is 1. The average Bonchev–Trinajstić information content (AvgIpc) is 2.75. The molecule has 2 atom stereocenters. The Morgan fingerprint density at radius 1 is 1.21 bits per heavy atom. The first-order chi connectivity index (χ1) is 6.79. The summed E-state index contributed by atoms with van der Waals surface area (Å²) in [5.41, 5.74) is 0. The van der Waals surface area contributed by atoms with Crippen molar-refractivity contribution in [2.24, 2.45) is 17.8 Å². The van der Waals surface area contributed by atoms with Crippen molar-refractivity contribution in [3.8, 4) is 0 Å². The highest BCUT2D eigenvalue weighted by atomic mass is 16.5. The lowest BCUT2D eigenvalue weighted by atomic mass is 9.80. The van der Waals surface area contributed by atoms with Gasteiger partial charge in [-0.25, -0.2) is 0 Å². The Hall–Kier alpha value is -0.570. The molecule has 3 nitrogen and oxygen atoms in total. The van der Waals surface area contributed by atoms with Crippen molar-refractivity contribution in [2.45, 2.75) is 32.1 Å². The van der Waals surface area contributed by atoms with Crippen molar-refractivity contribution in [1.29, 1.82) is 0 Å². The molecule has 3 heteroatoms. The Kier molecular flexibility index (Phi) is 3.06. The van der Waals surface area contributed by atoms with Crippen LogP contribution in [-0.2, 0) is 9.53 Å². The molecule has 1 saturated carbocycles. The summed E-state index contributed by atoms with van der Waals surface area (Å²) >= 11 is 0. The molecule has 1 heterocycles. The van der Waals surface area contributed by atoms with E-state index in [0.29, 0.717) is 12.5 Å². The Bertz CT molecular complexity index is 187. The van der Waals surface area contributed by atoms with Crippen molar-refractivity contribution in [3.63, 3.8) is 0 Å². The minimum atomic E-state index is -0.604. The quantitative estimate of drug-likeness (QED) is 0.753. The molecule has 2 fully saturated rings. The zero-order chi connectivity index (χ0) is 9.97. The molecule has 1 aliphatic carbocycles. The third-order valence-corrected chi connectivity index (χ3v) is 3.67. The summed E-state index contributed by atoms with van der Waals surface area (Å²) in [5, 5.41) is 9.24. The Morgan fingerprint density at radius 2 is 1.93 bits per heavy atom. The number of carboxylic acid groups (broad SMARTS) is 1. The second-order valence-corrected chi connectivity index (χ2v) is 4.53. The van der Waals surface area contributed by atoms with Crippen molar-refractivity contribution in [2.75, 3.05) is 13.2 Å². The molecule has 0 spiro atoms. The summed E-state index contributed by atoms with van der Waals surface area (Å²) in [7, 11) is 0. The minimum Gasteiger partial charge on any atom is -0.481 e. The third-order valence-electron chi connectivity index (χ3n) is 3.67. The second kappa shape index (κ2) is 4.30. The fraction of sp³-hybridized carbons (Fsp3) is 0.909. The maximum absolute atomic E-state index is 11.2. The van der Waals surface area contributed by atoms with Crippen LogP contribution in [-0.4, -0.2) is 24.3 Å². The van der Waals surface area contributed by atoms with Gasteiger partial charge in [0.25, 0.3) is 0 Å². The van der Waals surface area contributed by atoms with E-state index in [1.54, 1.807) is 0 Å². The topological polar surface area (TPSA) is 46.5 Å². The normalized spacial score (nSPS) is 30.7. The molecular formula is C11H18O3. The number of hydrogen-bond acceptors (Lipinski definition) is 2. The van der Waals surface area contributed by atoms with Crippen LogP contribution in [0, 0.1) is 17.8 Å². The third kappa shape index (κ3) is 1.92. The molecule has 2 rings (SSSR count). The molecule has 2 aliphatic rings. The predicted molar refractivity (Wildman–Crippen MR) is 52.0 cm³/mol. The van der Waals surface area contributed by atoms with Crippen LogP contribution in [0.25, 0.3) is 0 Å². The van der Waals surface area contributed by atoms with Gasteiger partial charge in [-0.1, -0.05) is 12.8 Å². The second-order valence-electron chi connectivity index (χ2n) is 4.53. The van der Waals surface area contributed by atoms with Crippen molar-refractivity contribution in [3.05, 3.63) is 0 Å². The van der Waals surface area contributed by atoms with E-state index < -0.39 is 5.97 Å². The van der Waals surface area contributed by atoms with Gasteiger partial charge in [0.05, 0.1) is 12.5 Å². The number of rotatable bonds is 3. The van der Waals surface area contributed by atoms with Gasteiger partial charge in [-0.2, -0.15) is 0 Å². The van der Waals surface area contributed by atoms with Crippen LogP contribution in [0.15, 0.2) is 0 Å². The highest BCUT2D eigenvalue weighted by Gasteiger charge is 2.38. The van der Waals surface area contributed by atoms with E-state index in [0.717, 1.165) is 25.9 Å². The van der Waals surface area contributed by atoms with Crippen molar-refractivity contribution >= 4 is 5.97 Å². The standard InChI is InChI=1S/C11H18O3/c12-11(13)10(8-3-1-2-4-8)9-5-6-14-7-9/h8-10H,1-7H2,(H,12,13). The van der Waals surface area contributed by atoms with Crippen LogP contribution in [0.2, 0.25) is 0 Å². The molecule has 0 aromatic carbocycles. The van der Waals surface area contributed by atoms with E-state index >= 15 is 0 Å². The molecule has 0 radical (unpaired) electrons. The largest absolute Gasteiger partial charge is 0.481 e. The van der Waals surface area contributed by atoms with Crippen molar-refractivity contribution in [1.82, 2.24) is 0 Å². The number of hydrogen-bond donors (Lipinski definition) is 1. The highest BCUT2D eigenvalue weighted by Crippen LogP contribution is 2.38. The smallest absolute Gasteiger partial charge is 0.307 e. The molecule has 2 unspecified atom stereocenters. The van der Waals surface area contributed by atoms with Crippen molar-refractivity contribution < 1.29 is 14.6 Å². The monoisotopic (exact) mass is 198 g/mol. The van der Waals surface area contributed by atoms with Gasteiger partial charge in [0.15, 0.2) is 0 Å². The molecule has 0 aromatic rings. The fourth-order valence-corrected chi connectivity index (χ4v) is 2.94. The molecule has 1 N–H and O–H groups in total. The van der Waals surface area contributed by atoms with Crippen LogP contribution >= 0.6 is 0 Å². The molecule has 14 heavy (non-hydrogen) atoms. The van der Waals surface area contributed by atoms with Crippen LogP contribution < -0.4 is 0 Å². The lowest BCUT2D eigenvalue weighted by Gasteiger charge is -2.23. The van der Waals surface area contributed by atoms with E-state index in [-0.39, 0.29) is 11.8 Å². The van der Waals surface area contributed by atoms with Crippen LogP contribution in [0.1, 0.15) is 32.1 Å². The fourth-order valence-electron chi connectivity index (χ4n) is 2.94. The van der Waals surface area contributed by atoms with E-state index in [2.05, 4.69) is 0 Å². The van der Waals surface area contributed by atoms with Gasteiger partial charge in [0.1, 0.15) is 0 Å². The summed E-state index contributed by atoms with van der Waals surface area (Å²) in [6, 6.07) is 0. The molecule has 0 bridgehead atoms. The Balaban J connectivity index is 2.02. The van der Waals surface area contributed by atoms with Gasteiger partial charge in [-0.15, -0.1) is 0 Å². The summed E-state index contributed by atoms with van der Waals surface area (Å²) in [6.07, 6.45) is 5.57. The van der Waals surface area contributed by atoms with Crippen LogP contribution in [0.4, 0.5) is 0 Å². The van der Waals surface area contributed by atoms with E-state index in [4.69, 9.17) is 4.74 Å². The maximum Gasteiger partial charge on any atom is 0.307 e. The van der Waals surface area contributed by atoms with Gasteiger partial charge in [0.2, 0.25) is 0 Å². The first kappa shape index (κ1) is 9.97. The average molecular weight is 198 g/mol. The number of aliphatic carboxylic acids is 1. The number of ether oxygens (including phenoxy) is 1. The van der Waals surface area contributed by atoms with E-state index in [1.807, 2.05) is 0 Å². The molecule has 0 aromatic heterocycles. The molecule has 1 saturated heterocycles. The number of carbonyl (C=O) groups is 1. The van der Waals surface area contributed by atoms with E-state index in [1.165, 1.54) is 12.8 Å². The van der Waals surface area contributed by atoms with Gasteiger partial charge < -0.3 is 9.84 Å². The van der Waals surface area contributed by atoms with E-state index in [9.17, 15) is 9.90 Å².